The van der Waals surface area contributed by atoms with Crippen molar-refractivity contribution in [3.8, 4) is 11.5 Å². The Kier molecular flexibility index (Phi) is 12.3. The van der Waals surface area contributed by atoms with Crippen LogP contribution in [0.2, 0.25) is 0 Å². The topological polar surface area (TPSA) is 182 Å². The normalized spacial score (nSPS) is 25.0. The second kappa shape index (κ2) is 15.4. The number of carbonyl (C=O) groups excluding carboxylic acids is 2. The predicted molar refractivity (Wildman–Crippen MR) is 150 cm³/mol. The van der Waals surface area contributed by atoms with E-state index in [1.807, 2.05) is 13.0 Å². The minimum absolute atomic E-state index is 0.0353. The monoisotopic (exact) mass is 610 g/mol. The van der Waals surface area contributed by atoms with Crippen molar-refractivity contribution in [2.75, 3.05) is 13.7 Å². The average molecular weight is 611 g/mol. The van der Waals surface area contributed by atoms with Crippen molar-refractivity contribution in [2.45, 2.75) is 70.5 Å². The van der Waals surface area contributed by atoms with E-state index < -0.39 is 68.8 Å². The van der Waals surface area contributed by atoms with Crippen molar-refractivity contribution in [3.63, 3.8) is 0 Å². The molecule has 1 amide bonds. The van der Waals surface area contributed by atoms with Crippen LogP contribution in [-0.4, -0.2) is 77.6 Å². The lowest BCUT2D eigenvalue weighted by molar-refractivity contribution is -0.250. The first-order chi connectivity index (χ1) is 20.0. The van der Waals surface area contributed by atoms with Gasteiger partial charge in [0.15, 0.2) is 6.29 Å². The van der Waals surface area contributed by atoms with Crippen LogP contribution in [0.5, 0.6) is 11.5 Å². The fourth-order valence-electron chi connectivity index (χ4n) is 4.25. The molecule has 0 saturated carbocycles. The van der Waals surface area contributed by atoms with Crippen molar-refractivity contribution >= 4 is 19.6 Å². The summed E-state index contributed by atoms with van der Waals surface area (Å²) >= 11 is 0. The van der Waals surface area contributed by atoms with Crippen LogP contribution in [0.15, 0.2) is 54.6 Å². The fourth-order valence-corrected chi connectivity index (χ4v) is 6.08. The molecular formula is C28H39N2O11P. The first kappa shape index (κ1) is 33.5. The molecule has 0 aliphatic carbocycles. The van der Waals surface area contributed by atoms with Crippen LogP contribution < -0.4 is 19.7 Å². The number of aliphatic hydroxyl groups is 3. The number of esters is 1. The molecule has 1 aliphatic heterocycles. The molecule has 0 aromatic heterocycles. The van der Waals surface area contributed by atoms with E-state index in [0.717, 1.165) is 5.56 Å². The number of hydrogen-bond acceptors (Lipinski definition) is 11. The molecule has 3 rings (SSSR count). The van der Waals surface area contributed by atoms with E-state index >= 15 is 0 Å². The van der Waals surface area contributed by atoms with Gasteiger partial charge in [-0.1, -0.05) is 50.6 Å². The molecular weight excluding hydrogens is 571 g/mol. The lowest BCUT2D eigenvalue weighted by atomic mass is 9.97. The lowest BCUT2D eigenvalue weighted by Gasteiger charge is -2.43. The first-order valence-electron chi connectivity index (χ1n) is 13.5. The third kappa shape index (κ3) is 8.98. The first-order valence-corrected chi connectivity index (χ1v) is 15.0. The Morgan fingerprint density at radius 1 is 1.07 bits per heavy atom. The fraction of sp³-hybridized carbons (Fsp3) is 0.500. The summed E-state index contributed by atoms with van der Waals surface area (Å²) < 4.78 is 42.1. The summed E-state index contributed by atoms with van der Waals surface area (Å²) in [5.74, 6) is -1.20. The maximum Gasteiger partial charge on any atom is 0.459 e. The second-order valence-corrected chi connectivity index (χ2v) is 11.5. The van der Waals surface area contributed by atoms with E-state index in [-0.39, 0.29) is 12.4 Å². The van der Waals surface area contributed by atoms with Crippen molar-refractivity contribution in [1.29, 1.82) is 0 Å². The summed E-state index contributed by atoms with van der Waals surface area (Å²) in [7, 11) is -3.17. The van der Waals surface area contributed by atoms with Crippen molar-refractivity contribution < 1.29 is 52.7 Å². The molecule has 0 spiro atoms. The summed E-state index contributed by atoms with van der Waals surface area (Å²) in [4.78, 5) is 25.2. The number of hydrogen-bond donors (Lipinski definition) is 5. The highest BCUT2D eigenvalue weighted by molar-refractivity contribution is 7.52. The van der Waals surface area contributed by atoms with E-state index in [0.29, 0.717) is 12.2 Å². The highest BCUT2D eigenvalue weighted by atomic mass is 31.2. The van der Waals surface area contributed by atoms with Gasteiger partial charge in [0.2, 0.25) is 5.91 Å². The molecule has 1 fully saturated rings. The van der Waals surface area contributed by atoms with Crippen LogP contribution in [0.3, 0.4) is 0 Å². The van der Waals surface area contributed by atoms with Gasteiger partial charge in [0, 0.05) is 6.92 Å². The maximum absolute atomic E-state index is 14.5. The van der Waals surface area contributed by atoms with Gasteiger partial charge < -0.3 is 39.4 Å². The summed E-state index contributed by atoms with van der Waals surface area (Å²) in [6.45, 7) is 3.99. The van der Waals surface area contributed by atoms with Gasteiger partial charge in [0.1, 0.15) is 48.5 Å². The smallest absolute Gasteiger partial charge is 0.459 e. The molecule has 2 unspecified atom stereocenters. The van der Waals surface area contributed by atoms with Crippen LogP contribution in [0.1, 0.15) is 32.8 Å². The second-order valence-electron chi connectivity index (χ2n) is 9.88. The van der Waals surface area contributed by atoms with E-state index in [1.165, 1.54) is 26.2 Å². The lowest BCUT2D eigenvalue weighted by Crippen LogP contribution is -2.64. The largest absolute Gasteiger partial charge is 0.497 e. The number of methoxy groups -OCH3 is 1. The zero-order valence-corrected chi connectivity index (χ0v) is 24.8. The van der Waals surface area contributed by atoms with Gasteiger partial charge in [-0.25, -0.2) is 4.57 Å². The molecule has 14 heteroatoms. The third-order valence-electron chi connectivity index (χ3n) is 6.78. The predicted octanol–water partition coefficient (Wildman–Crippen LogP) is 1.89. The van der Waals surface area contributed by atoms with Crippen LogP contribution >= 0.6 is 7.75 Å². The molecule has 1 saturated heterocycles. The Bertz CT molecular complexity index is 1200. The summed E-state index contributed by atoms with van der Waals surface area (Å²) in [5, 5.41) is 36.3. The Labute approximate surface area is 244 Å². The van der Waals surface area contributed by atoms with E-state index in [9.17, 15) is 29.5 Å². The van der Waals surface area contributed by atoms with Crippen LogP contribution in [0, 0.1) is 5.92 Å². The summed E-state index contributed by atoms with van der Waals surface area (Å²) in [5.41, 5.74) is 0.746. The quantitative estimate of drug-likeness (QED) is 0.155. The number of aliphatic hydroxyl groups excluding tert-OH is 3. The van der Waals surface area contributed by atoms with Gasteiger partial charge in [-0.15, -0.1) is 0 Å². The Morgan fingerprint density at radius 2 is 1.71 bits per heavy atom. The average Bonchev–Trinajstić information content (AvgIpc) is 2.98. The van der Waals surface area contributed by atoms with Crippen molar-refractivity contribution in [3.05, 3.63) is 60.2 Å². The molecule has 13 nitrogen and oxygen atoms in total. The molecule has 0 radical (unpaired) electrons. The number of nitrogens with one attached hydrogen (secondary N) is 2. The molecule has 1 aliphatic rings. The number of carbonyl (C=O) groups is 2. The Balaban J connectivity index is 1.97. The van der Waals surface area contributed by atoms with Gasteiger partial charge in [0.05, 0.1) is 13.7 Å². The minimum Gasteiger partial charge on any atom is -0.497 e. The molecule has 2 aromatic rings. The molecule has 0 bridgehead atoms. The van der Waals surface area contributed by atoms with Crippen molar-refractivity contribution in [1.82, 2.24) is 10.4 Å². The van der Waals surface area contributed by atoms with Gasteiger partial charge in [-0.2, -0.15) is 5.09 Å². The van der Waals surface area contributed by atoms with Crippen molar-refractivity contribution in [2.24, 2.45) is 5.92 Å². The maximum atomic E-state index is 14.5. The van der Waals surface area contributed by atoms with Gasteiger partial charge in [0.25, 0.3) is 0 Å². The summed E-state index contributed by atoms with van der Waals surface area (Å²) in [6, 6.07) is 12.4. The number of ether oxygens (including phenoxy) is 3. The number of benzene rings is 2. The van der Waals surface area contributed by atoms with Crippen LogP contribution in [0.25, 0.3) is 0 Å². The number of rotatable bonds is 14. The zero-order chi connectivity index (χ0) is 30.9. The van der Waals surface area contributed by atoms with Gasteiger partial charge in [-0.3, -0.25) is 14.1 Å². The van der Waals surface area contributed by atoms with E-state index in [4.69, 9.17) is 23.3 Å². The molecule has 2 aromatic carbocycles. The molecule has 8 atom stereocenters. The highest BCUT2D eigenvalue weighted by Gasteiger charge is 2.50. The SMILES string of the molecule is CC[C@H](C)[C@H](NP(=O)(Oc1ccc(OC)cc1)O[C@H]1[C@H](O)[C@@H](CO)OC(O)[C@@H]1NC(C)=O)C(=O)OCc1ccccc1. The summed E-state index contributed by atoms with van der Waals surface area (Å²) in [6.07, 6.45) is -5.89. The minimum atomic E-state index is -4.64. The molecule has 5 N–H and O–H groups in total. The zero-order valence-electron chi connectivity index (χ0n) is 23.9. The van der Waals surface area contributed by atoms with Gasteiger partial charge in [-0.05, 0) is 35.7 Å². The standard InChI is InChI=1S/C28H39N2O11P/c1-5-17(2)23(27(34)38-16-19-9-7-6-8-10-19)30-42(36,40-21-13-11-20(37-4)12-14-21)41-26-24(29-18(3)32)28(35)39-22(15-31)25(26)33/h6-14,17,22-26,28,31,33,35H,5,15-16H2,1-4H3,(H,29,32)(H,30,36)/t17-,22+,23-,24+,25+,26+,28?,42?/m0/s1. The third-order valence-corrected chi connectivity index (χ3v) is 8.34. The number of amides is 1. The van der Waals surface area contributed by atoms with E-state index in [2.05, 4.69) is 10.4 Å². The van der Waals surface area contributed by atoms with Crippen LogP contribution in [-0.2, 0) is 34.8 Å². The Morgan fingerprint density at radius 3 is 2.29 bits per heavy atom. The molecule has 232 valence electrons. The molecule has 1 heterocycles. The Hall–Kier alpha value is -3.03. The van der Waals surface area contributed by atoms with Gasteiger partial charge >= 0.3 is 13.7 Å². The molecule has 42 heavy (non-hydrogen) atoms. The highest BCUT2D eigenvalue weighted by Crippen LogP contribution is 2.49. The van der Waals surface area contributed by atoms with Crippen LogP contribution in [0.4, 0.5) is 0 Å². The van der Waals surface area contributed by atoms with E-state index in [1.54, 1.807) is 43.3 Å².